The van der Waals surface area contributed by atoms with Crippen molar-refractivity contribution < 1.29 is 14.5 Å². The average Bonchev–Trinajstić information content (AvgIpc) is 2.97. The van der Waals surface area contributed by atoms with Crippen LogP contribution in [0.3, 0.4) is 0 Å². The van der Waals surface area contributed by atoms with Gasteiger partial charge in [-0.15, -0.1) is 0 Å². The first kappa shape index (κ1) is 28.8. The predicted molar refractivity (Wildman–Crippen MR) is 168 cm³/mol. The van der Waals surface area contributed by atoms with Gasteiger partial charge in [0, 0.05) is 41.9 Å². The van der Waals surface area contributed by atoms with Crippen molar-refractivity contribution in [1.29, 1.82) is 0 Å². The van der Waals surface area contributed by atoms with Gasteiger partial charge in [0.15, 0.2) is 5.17 Å². The molecular weight excluding hydrogens is 550 g/mol. The smallest absolute Gasteiger partial charge is 0.269 e. The number of aliphatic imine (C=N–C) groups is 1. The maximum atomic E-state index is 13.8. The number of amidine groups is 1. The molecule has 9 nitrogen and oxygen atoms in total. The standard InChI is InChI=1S/C32H31N5O4S/c1-20-5-15-27(21(2)19-20)35-31(39)29-22(3)33-32-36(17-4-18-42-32)30(29)24-9-11-25(12-10-24)34-28(38)16-8-23-6-13-26(14-7-23)37(40)41/h5-16,19,30H,4,17-18H2,1-3H3,(H,34,38)(H,35,39)/b16-8+/t30-/m0/s1. The van der Waals surface area contributed by atoms with Crippen LogP contribution < -0.4 is 10.6 Å². The lowest BCUT2D eigenvalue weighted by molar-refractivity contribution is -0.384. The SMILES string of the molecule is CC1=C(C(=O)Nc2ccc(C)cc2C)[C@H](c2ccc(NC(=O)/C=C/c3ccc([N+](=O)[O-])cc3)cc2)N2CCCSC2=N1. The minimum Gasteiger partial charge on any atom is -0.340 e. The van der Waals surface area contributed by atoms with Crippen molar-refractivity contribution in [2.75, 3.05) is 22.9 Å². The third kappa shape index (κ3) is 6.44. The molecule has 1 atom stereocenters. The second-order valence-electron chi connectivity index (χ2n) is 10.3. The Bertz CT molecular complexity index is 1630. The van der Waals surface area contributed by atoms with Gasteiger partial charge in [0.25, 0.3) is 11.6 Å². The first-order valence-electron chi connectivity index (χ1n) is 13.6. The van der Waals surface area contributed by atoms with Gasteiger partial charge >= 0.3 is 0 Å². The fourth-order valence-corrected chi connectivity index (χ4v) is 6.08. The normalized spacial score (nSPS) is 16.6. The number of fused-ring (bicyclic) bond motifs is 1. The summed E-state index contributed by atoms with van der Waals surface area (Å²) in [5.74, 6) is 0.471. The van der Waals surface area contributed by atoms with E-state index in [0.29, 0.717) is 22.5 Å². The van der Waals surface area contributed by atoms with Crippen molar-refractivity contribution in [3.05, 3.63) is 116 Å². The zero-order valence-electron chi connectivity index (χ0n) is 23.6. The summed E-state index contributed by atoms with van der Waals surface area (Å²) in [5.41, 5.74) is 6.39. The topological polar surface area (TPSA) is 117 Å². The summed E-state index contributed by atoms with van der Waals surface area (Å²) in [4.78, 5) is 43.7. The van der Waals surface area contributed by atoms with Gasteiger partial charge in [-0.1, -0.05) is 41.6 Å². The lowest BCUT2D eigenvalue weighted by Gasteiger charge is -2.41. The van der Waals surface area contributed by atoms with Crippen molar-refractivity contribution in [3.8, 4) is 0 Å². The van der Waals surface area contributed by atoms with Gasteiger partial charge in [-0.2, -0.15) is 0 Å². The fraction of sp³-hybridized carbons (Fsp3) is 0.219. The predicted octanol–water partition coefficient (Wildman–Crippen LogP) is 6.63. The van der Waals surface area contributed by atoms with Gasteiger partial charge in [-0.3, -0.25) is 19.7 Å². The first-order valence-corrected chi connectivity index (χ1v) is 14.6. The molecule has 10 heteroatoms. The Kier molecular flexibility index (Phi) is 8.53. The van der Waals surface area contributed by atoms with Gasteiger partial charge in [0.05, 0.1) is 22.2 Å². The van der Waals surface area contributed by atoms with Gasteiger partial charge in [0.2, 0.25) is 5.91 Å². The highest BCUT2D eigenvalue weighted by Gasteiger charge is 2.37. The maximum absolute atomic E-state index is 13.8. The van der Waals surface area contributed by atoms with Crippen LogP contribution in [0, 0.1) is 24.0 Å². The molecule has 0 spiro atoms. The molecule has 0 aliphatic carbocycles. The summed E-state index contributed by atoms with van der Waals surface area (Å²) in [6.45, 7) is 6.67. The Morgan fingerprint density at radius 3 is 2.45 bits per heavy atom. The highest BCUT2D eigenvalue weighted by molar-refractivity contribution is 8.13. The lowest BCUT2D eigenvalue weighted by atomic mass is 9.93. The highest BCUT2D eigenvalue weighted by atomic mass is 32.2. The lowest BCUT2D eigenvalue weighted by Crippen LogP contribution is -2.43. The van der Waals surface area contributed by atoms with Gasteiger partial charge < -0.3 is 15.5 Å². The molecule has 0 unspecified atom stereocenters. The zero-order chi connectivity index (χ0) is 29.8. The number of rotatable bonds is 7. The molecular formula is C32H31N5O4S. The van der Waals surface area contributed by atoms with Crippen LogP contribution in [-0.2, 0) is 9.59 Å². The molecule has 0 bridgehead atoms. The fourth-order valence-electron chi connectivity index (χ4n) is 5.06. The number of non-ortho nitro benzene ring substituents is 1. The van der Waals surface area contributed by atoms with Crippen LogP contribution in [-0.4, -0.2) is 39.1 Å². The van der Waals surface area contributed by atoms with Gasteiger partial charge in [-0.25, -0.2) is 4.99 Å². The van der Waals surface area contributed by atoms with Crippen LogP contribution >= 0.6 is 11.8 Å². The number of amides is 2. The van der Waals surface area contributed by atoms with Crippen LogP contribution in [0.5, 0.6) is 0 Å². The van der Waals surface area contributed by atoms with E-state index < -0.39 is 4.92 Å². The van der Waals surface area contributed by atoms with Crippen molar-refractivity contribution in [2.45, 2.75) is 33.2 Å². The highest BCUT2D eigenvalue weighted by Crippen LogP contribution is 2.40. The van der Waals surface area contributed by atoms with Crippen molar-refractivity contribution in [3.63, 3.8) is 0 Å². The molecule has 214 valence electrons. The van der Waals surface area contributed by atoms with E-state index in [1.165, 1.54) is 18.2 Å². The first-order chi connectivity index (χ1) is 20.2. The number of thioether (sulfide) groups is 1. The van der Waals surface area contributed by atoms with Crippen LogP contribution in [0.25, 0.3) is 6.08 Å². The molecule has 1 saturated heterocycles. The molecule has 0 aromatic heterocycles. The van der Waals surface area contributed by atoms with Crippen LogP contribution in [0.2, 0.25) is 0 Å². The number of nitro groups is 1. The Morgan fingerprint density at radius 2 is 1.76 bits per heavy atom. The van der Waals surface area contributed by atoms with Crippen LogP contribution in [0.4, 0.5) is 17.1 Å². The summed E-state index contributed by atoms with van der Waals surface area (Å²) in [7, 11) is 0. The third-order valence-electron chi connectivity index (χ3n) is 7.16. The summed E-state index contributed by atoms with van der Waals surface area (Å²) in [5, 5.41) is 17.7. The Balaban J connectivity index is 1.35. The van der Waals surface area contributed by atoms with E-state index in [1.807, 2.05) is 63.2 Å². The van der Waals surface area contributed by atoms with E-state index in [4.69, 9.17) is 4.99 Å². The number of hydrogen-bond acceptors (Lipinski definition) is 7. The quantitative estimate of drug-likeness (QED) is 0.184. The largest absolute Gasteiger partial charge is 0.340 e. The molecule has 2 amide bonds. The van der Waals surface area contributed by atoms with Crippen LogP contribution in [0.1, 0.15) is 41.6 Å². The molecule has 2 aliphatic rings. The second-order valence-corrected chi connectivity index (χ2v) is 11.3. The number of carbonyl (C=O) groups is 2. The summed E-state index contributed by atoms with van der Waals surface area (Å²) < 4.78 is 0. The van der Waals surface area contributed by atoms with Crippen molar-refractivity contribution in [1.82, 2.24) is 4.90 Å². The van der Waals surface area contributed by atoms with E-state index in [1.54, 1.807) is 30.0 Å². The van der Waals surface area contributed by atoms with Crippen LogP contribution in [0.15, 0.2) is 89.1 Å². The molecule has 2 N–H and O–H groups in total. The minimum atomic E-state index is -0.466. The maximum Gasteiger partial charge on any atom is 0.269 e. The third-order valence-corrected chi connectivity index (χ3v) is 8.24. The van der Waals surface area contributed by atoms with E-state index in [2.05, 4.69) is 15.5 Å². The molecule has 0 saturated carbocycles. The van der Waals surface area contributed by atoms with E-state index in [-0.39, 0.29) is 23.5 Å². The number of nitro benzene ring substituents is 1. The Hall–Kier alpha value is -4.70. The van der Waals surface area contributed by atoms with E-state index in [9.17, 15) is 19.7 Å². The Morgan fingerprint density at radius 1 is 1.02 bits per heavy atom. The van der Waals surface area contributed by atoms with E-state index in [0.717, 1.165) is 46.3 Å². The summed E-state index contributed by atoms with van der Waals surface area (Å²) >= 11 is 1.70. The molecule has 2 heterocycles. The minimum absolute atomic E-state index is 0.00728. The number of hydrogen-bond donors (Lipinski definition) is 2. The number of nitrogens with zero attached hydrogens (tertiary/aromatic N) is 3. The average molecular weight is 582 g/mol. The van der Waals surface area contributed by atoms with Crippen molar-refractivity contribution >= 4 is 51.9 Å². The van der Waals surface area contributed by atoms with Crippen molar-refractivity contribution in [2.24, 2.45) is 4.99 Å². The monoisotopic (exact) mass is 581 g/mol. The molecule has 3 aromatic carbocycles. The Labute approximate surface area is 248 Å². The number of allylic oxidation sites excluding steroid dienone is 1. The molecule has 2 aliphatic heterocycles. The molecule has 0 radical (unpaired) electrons. The molecule has 3 aromatic rings. The number of carbonyl (C=O) groups excluding carboxylic acids is 2. The van der Waals surface area contributed by atoms with E-state index >= 15 is 0 Å². The molecule has 1 fully saturated rings. The molecule has 5 rings (SSSR count). The molecule has 42 heavy (non-hydrogen) atoms. The number of benzene rings is 3. The number of aryl methyl sites for hydroxylation is 2. The second kappa shape index (κ2) is 12.4. The van der Waals surface area contributed by atoms with Gasteiger partial charge in [0.1, 0.15) is 0 Å². The number of nitrogens with one attached hydrogen (secondary N) is 2. The van der Waals surface area contributed by atoms with Gasteiger partial charge in [-0.05, 0) is 80.3 Å². The summed E-state index contributed by atoms with van der Waals surface area (Å²) in [6.07, 6.45) is 3.96. The summed E-state index contributed by atoms with van der Waals surface area (Å²) in [6, 6.07) is 19.1. The number of anilines is 2. The zero-order valence-corrected chi connectivity index (χ0v) is 24.4.